The van der Waals surface area contributed by atoms with E-state index in [4.69, 9.17) is 11.6 Å². The van der Waals surface area contributed by atoms with Crippen LogP contribution in [-0.2, 0) is 4.74 Å². The summed E-state index contributed by atoms with van der Waals surface area (Å²) in [5, 5.41) is -0.151. The Balaban J connectivity index is 2.76. The molecule has 0 atom stereocenters. The highest BCUT2D eigenvalue weighted by atomic mass is 79.9. The zero-order valence-corrected chi connectivity index (χ0v) is 11.8. The molecule has 1 aromatic carbocycles. The van der Waals surface area contributed by atoms with Gasteiger partial charge in [-0.05, 0) is 28.9 Å². The van der Waals surface area contributed by atoms with Gasteiger partial charge in [0.05, 0.1) is 21.5 Å². The lowest BCUT2D eigenvalue weighted by atomic mass is 10.2. The molecule has 100 valence electrons. The molecule has 1 heterocycles. The Morgan fingerprint density at radius 1 is 1.63 bits per heavy atom. The fraction of sp³-hybridized carbons (Fsp3) is 0.182. The van der Waals surface area contributed by atoms with Crippen LogP contribution in [0.1, 0.15) is 17.6 Å². The van der Waals surface area contributed by atoms with Gasteiger partial charge in [-0.3, -0.25) is 0 Å². The summed E-state index contributed by atoms with van der Waals surface area (Å²) < 4.78 is 23.2. The number of benzene rings is 1. The van der Waals surface area contributed by atoms with Crippen molar-refractivity contribution in [2.75, 3.05) is 6.61 Å². The molecular weight excluding hydrogens is 344 g/mol. The molecule has 2 aromatic rings. The molecule has 8 heteroatoms. The summed E-state index contributed by atoms with van der Waals surface area (Å²) in [5.41, 5.74) is -1.23. The monoisotopic (exact) mass is 349 g/mol. The second-order valence-corrected chi connectivity index (χ2v) is 4.61. The summed E-state index contributed by atoms with van der Waals surface area (Å²) in [5.74, 6) is -2.39. The first-order valence-corrected chi connectivity index (χ1v) is 6.28. The molecule has 0 saturated heterocycles. The molecule has 0 fully saturated rings. The number of fused-ring (bicyclic) bond motifs is 1. The molecule has 19 heavy (non-hydrogen) atoms. The molecule has 5 nitrogen and oxygen atoms in total. The van der Waals surface area contributed by atoms with Gasteiger partial charge in [0.15, 0.2) is 5.82 Å². The largest absolute Gasteiger partial charge is 0.459 e. The Morgan fingerprint density at radius 2 is 2.32 bits per heavy atom. The number of hydrogen-bond acceptors (Lipinski definition) is 5. The SMILES string of the molecule is CCOC(=O)c1nc2c(F)c(Br)c(Cl)cc2c(=O)o1. The third-order valence-electron chi connectivity index (χ3n) is 2.21. The highest BCUT2D eigenvalue weighted by Gasteiger charge is 2.20. The van der Waals surface area contributed by atoms with Crippen LogP contribution in [0.25, 0.3) is 10.9 Å². The predicted molar refractivity (Wildman–Crippen MR) is 68.9 cm³/mol. The third kappa shape index (κ3) is 2.48. The number of rotatable bonds is 2. The van der Waals surface area contributed by atoms with Crippen LogP contribution in [0.15, 0.2) is 19.8 Å². The molecule has 0 unspecified atom stereocenters. The summed E-state index contributed by atoms with van der Waals surface area (Å²) in [6, 6.07) is 1.21. The maximum atomic E-state index is 13.9. The van der Waals surface area contributed by atoms with Crippen LogP contribution in [0.2, 0.25) is 5.02 Å². The van der Waals surface area contributed by atoms with Crippen molar-refractivity contribution in [3.05, 3.63) is 37.7 Å². The Labute approximate surface area is 119 Å². The second-order valence-electron chi connectivity index (χ2n) is 3.41. The average molecular weight is 351 g/mol. The smallest absolute Gasteiger partial charge is 0.394 e. The normalized spacial score (nSPS) is 10.7. The van der Waals surface area contributed by atoms with Gasteiger partial charge < -0.3 is 9.15 Å². The summed E-state index contributed by atoms with van der Waals surface area (Å²) in [4.78, 5) is 26.7. The van der Waals surface area contributed by atoms with Gasteiger partial charge >= 0.3 is 17.5 Å². The molecule has 0 radical (unpaired) electrons. The summed E-state index contributed by atoms with van der Waals surface area (Å²) in [7, 11) is 0. The first-order valence-electron chi connectivity index (χ1n) is 5.11. The number of halogens is 3. The molecule has 0 spiro atoms. The number of aromatic nitrogens is 1. The maximum absolute atomic E-state index is 13.9. The van der Waals surface area contributed by atoms with Crippen molar-refractivity contribution in [3.8, 4) is 0 Å². The first-order chi connectivity index (χ1) is 8.95. The number of ether oxygens (including phenoxy) is 1. The Hall–Kier alpha value is -1.47. The number of carbonyl (C=O) groups excluding carboxylic acids is 1. The fourth-order valence-corrected chi connectivity index (χ4v) is 1.89. The molecule has 0 bridgehead atoms. The molecule has 1 aromatic heterocycles. The molecule has 0 saturated carbocycles. The molecule has 0 aliphatic carbocycles. The van der Waals surface area contributed by atoms with Crippen LogP contribution in [-0.4, -0.2) is 17.6 Å². The number of esters is 1. The van der Waals surface area contributed by atoms with Gasteiger partial charge in [-0.2, -0.15) is 0 Å². The molecule has 0 N–H and O–H groups in total. The maximum Gasteiger partial charge on any atom is 0.394 e. The van der Waals surface area contributed by atoms with Gasteiger partial charge in [0.1, 0.15) is 5.52 Å². The van der Waals surface area contributed by atoms with Crippen LogP contribution >= 0.6 is 27.5 Å². The van der Waals surface area contributed by atoms with Gasteiger partial charge in [-0.1, -0.05) is 11.6 Å². The Morgan fingerprint density at radius 3 is 2.95 bits per heavy atom. The predicted octanol–water partition coefficient (Wildman–Crippen LogP) is 2.92. The van der Waals surface area contributed by atoms with E-state index in [0.29, 0.717) is 0 Å². The van der Waals surface area contributed by atoms with Gasteiger partial charge in [0.25, 0.3) is 0 Å². The average Bonchev–Trinajstić information content (AvgIpc) is 2.37. The highest BCUT2D eigenvalue weighted by molar-refractivity contribution is 9.10. The lowest BCUT2D eigenvalue weighted by Crippen LogP contribution is -2.13. The van der Waals surface area contributed by atoms with E-state index in [-0.39, 0.29) is 27.0 Å². The summed E-state index contributed by atoms with van der Waals surface area (Å²) in [6.45, 7) is 1.66. The zero-order chi connectivity index (χ0) is 14.2. The van der Waals surface area contributed by atoms with E-state index in [1.807, 2.05) is 0 Å². The lowest BCUT2D eigenvalue weighted by molar-refractivity contribution is 0.0474. The minimum atomic E-state index is -0.938. The molecular formula is C11H6BrClFNO4. The Kier molecular flexibility index (Phi) is 3.86. The minimum absolute atomic E-state index is 0.00276. The van der Waals surface area contributed by atoms with E-state index in [9.17, 15) is 14.0 Å². The van der Waals surface area contributed by atoms with E-state index < -0.39 is 23.3 Å². The number of carbonyl (C=O) groups is 1. The van der Waals surface area contributed by atoms with Crippen LogP contribution in [0, 0.1) is 5.82 Å². The first kappa shape index (κ1) is 14.0. The van der Waals surface area contributed by atoms with E-state index in [1.54, 1.807) is 6.92 Å². The van der Waals surface area contributed by atoms with Crippen molar-refractivity contribution >= 4 is 44.4 Å². The summed E-state index contributed by atoms with van der Waals surface area (Å²) >= 11 is 8.65. The van der Waals surface area contributed by atoms with Crippen molar-refractivity contribution in [1.29, 1.82) is 0 Å². The molecule has 0 aliphatic rings. The van der Waals surface area contributed by atoms with Gasteiger partial charge in [0.2, 0.25) is 0 Å². The van der Waals surface area contributed by atoms with E-state index in [0.717, 1.165) is 0 Å². The zero-order valence-electron chi connectivity index (χ0n) is 9.50. The lowest BCUT2D eigenvalue weighted by Gasteiger charge is -2.04. The molecule has 2 rings (SSSR count). The molecule has 0 amide bonds. The second kappa shape index (κ2) is 5.26. The third-order valence-corrected chi connectivity index (χ3v) is 3.51. The van der Waals surface area contributed by atoms with Crippen LogP contribution in [0.5, 0.6) is 0 Å². The van der Waals surface area contributed by atoms with Crippen LogP contribution < -0.4 is 5.63 Å². The minimum Gasteiger partial charge on any atom is -0.459 e. The van der Waals surface area contributed by atoms with E-state index >= 15 is 0 Å². The standard InChI is InChI=1S/C11H6BrClFNO4/c1-2-18-11(17)9-15-8-4(10(16)19-9)3-5(13)6(12)7(8)14/h3H,2H2,1H3. The quantitative estimate of drug-likeness (QED) is 0.615. The van der Waals surface area contributed by atoms with Crippen molar-refractivity contribution in [2.24, 2.45) is 0 Å². The van der Waals surface area contributed by atoms with Crippen LogP contribution in [0.4, 0.5) is 4.39 Å². The number of hydrogen-bond donors (Lipinski definition) is 0. The highest BCUT2D eigenvalue weighted by Crippen LogP contribution is 2.30. The van der Waals surface area contributed by atoms with E-state index in [2.05, 4.69) is 30.1 Å². The van der Waals surface area contributed by atoms with Crippen molar-refractivity contribution in [2.45, 2.75) is 6.92 Å². The van der Waals surface area contributed by atoms with Crippen molar-refractivity contribution in [1.82, 2.24) is 4.98 Å². The number of nitrogens with zero attached hydrogens (tertiary/aromatic N) is 1. The van der Waals surface area contributed by atoms with Gasteiger partial charge in [-0.25, -0.2) is 19.0 Å². The summed E-state index contributed by atoms with van der Waals surface area (Å²) in [6.07, 6.45) is 0. The topological polar surface area (TPSA) is 69.4 Å². The van der Waals surface area contributed by atoms with Gasteiger partial charge in [-0.15, -0.1) is 0 Å². The van der Waals surface area contributed by atoms with Crippen molar-refractivity contribution < 1.29 is 18.3 Å². The van der Waals surface area contributed by atoms with Crippen LogP contribution in [0.3, 0.4) is 0 Å². The van der Waals surface area contributed by atoms with Crippen molar-refractivity contribution in [3.63, 3.8) is 0 Å². The molecule has 0 aliphatic heterocycles. The Bertz CT molecular complexity index is 731. The van der Waals surface area contributed by atoms with E-state index in [1.165, 1.54) is 6.07 Å². The fourth-order valence-electron chi connectivity index (χ4n) is 1.40. The van der Waals surface area contributed by atoms with Gasteiger partial charge in [0, 0.05) is 0 Å².